The van der Waals surface area contributed by atoms with Gasteiger partial charge in [0.25, 0.3) is 0 Å². The number of hydrogen-bond donors (Lipinski definition) is 0. The van der Waals surface area contributed by atoms with E-state index in [4.69, 9.17) is 0 Å². The van der Waals surface area contributed by atoms with Gasteiger partial charge < -0.3 is 19.3 Å². The summed E-state index contributed by atoms with van der Waals surface area (Å²) >= 11 is 0. The summed E-state index contributed by atoms with van der Waals surface area (Å²) in [6.07, 6.45) is 0.554. The van der Waals surface area contributed by atoms with Crippen LogP contribution in [0.2, 0.25) is 0 Å². The molecule has 2 amide bonds. The lowest BCUT2D eigenvalue weighted by molar-refractivity contribution is 0.0831. The van der Waals surface area contributed by atoms with Crippen LogP contribution < -0.4 is 0 Å². The number of rotatable bonds is 0. The van der Waals surface area contributed by atoms with E-state index in [9.17, 15) is 9.59 Å². The second-order valence-electron chi connectivity index (χ2n) is 3.43. The van der Waals surface area contributed by atoms with E-state index in [2.05, 4.69) is 9.47 Å². The Labute approximate surface area is 88.7 Å². The molecular formula is C9H16N2O4. The molecule has 0 unspecified atom stereocenters. The summed E-state index contributed by atoms with van der Waals surface area (Å²) in [6.45, 7) is 2.70. The van der Waals surface area contributed by atoms with Crippen LogP contribution in [0.5, 0.6) is 0 Å². The minimum absolute atomic E-state index is 0.198. The highest BCUT2D eigenvalue weighted by Gasteiger charge is 2.15. The number of likely N-dealkylation sites (N-methyl/N-ethyl adjacent to an activating group) is 1. The summed E-state index contributed by atoms with van der Waals surface area (Å²) in [5, 5.41) is 0. The van der Waals surface area contributed by atoms with Crippen LogP contribution in [0.4, 0.5) is 9.59 Å². The standard InChI is InChI=1S/C5H9NO2.C4H7NO2/c1-6-3-2-4-8-5(6)7;1-5-2-3-7-4(5)6/h2-4H2,1H3;2-3H2,1H3. The maximum Gasteiger partial charge on any atom is 0.409 e. The van der Waals surface area contributed by atoms with E-state index < -0.39 is 0 Å². The lowest BCUT2D eigenvalue weighted by Crippen LogP contribution is -2.33. The molecule has 6 nitrogen and oxygen atoms in total. The predicted molar refractivity (Wildman–Crippen MR) is 52.6 cm³/mol. The normalized spacial score (nSPS) is 20.4. The average molecular weight is 216 g/mol. The zero-order valence-corrected chi connectivity index (χ0v) is 9.06. The molecule has 0 saturated carbocycles. The molecule has 0 bridgehead atoms. The topological polar surface area (TPSA) is 59.1 Å². The monoisotopic (exact) mass is 216 g/mol. The first kappa shape index (κ1) is 11.6. The molecule has 0 spiro atoms. The van der Waals surface area contributed by atoms with Crippen LogP contribution >= 0.6 is 0 Å². The fourth-order valence-corrected chi connectivity index (χ4v) is 1.13. The van der Waals surface area contributed by atoms with Gasteiger partial charge in [-0.05, 0) is 6.42 Å². The van der Waals surface area contributed by atoms with Gasteiger partial charge in [-0.3, -0.25) is 0 Å². The van der Waals surface area contributed by atoms with E-state index in [0.717, 1.165) is 19.5 Å². The fourth-order valence-electron chi connectivity index (χ4n) is 1.13. The van der Waals surface area contributed by atoms with E-state index in [1.807, 2.05) is 0 Å². The highest BCUT2D eigenvalue weighted by atomic mass is 16.6. The fraction of sp³-hybridized carbons (Fsp3) is 0.778. The summed E-state index contributed by atoms with van der Waals surface area (Å²) in [6, 6.07) is 0. The van der Waals surface area contributed by atoms with Gasteiger partial charge in [0.2, 0.25) is 0 Å². The van der Waals surface area contributed by atoms with Crippen molar-refractivity contribution in [3.8, 4) is 0 Å². The first-order chi connectivity index (χ1) is 7.11. The molecule has 0 aromatic carbocycles. The third-order valence-electron chi connectivity index (χ3n) is 2.14. The van der Waals surface area contributed by atoms with Gasteiger partial charge in [0.15, 0.2) is 0 Å². The van der Waals surface area contributed by atoms with Crippen LogP contribution in [0, 0.1) is 0 Å². The van der Waals surface area contributed by atoms with Crippen LogP contribution in [-0.4, -0.2) is 62.4 Å². The minimum atomic E-state index is -0.208. The van der Waals surface area contributed by atoms with Crippen molar-refractivity contribution >= 4 is 12.2 Å². The molecule has 0 aromatic heterocycles. The van der Waals surface area contributed by atoms with Crippen LogP contribution in [0.15, 0.2) is 0 Å². The Balaban J connectivity index is 0.000000151. The molecule has 0 atom stereocenters. The van der Waals surface area contributed by atoms with Gasteiger partial charge in [0.05, 0.1) is 13.2 Å². The Bertz CT molecular complexity index is 244. The van der Waals surface area contributed by atoms with Gasteiger partial charge in [0.1, 0.15) is 6.61 Å². The van der Waals surface area contributed by atoms with Gasteiger partial charge in [-0.15, -0.1) is 0 Å². The van der Waals surface area contributed by atoms with E-state index in [1.165, 1.54) is 0 Å². The zero-order chi connectivity index (χ0) is 11.3. The van der Waals surface area contributed by atoms with E-state index in [0.29, 0.717) is 13.2 Å². The molecule has 2 aliphatic rings. The van der Waals surface area contributed by atoms with Crippen molar-refractivity contribution in [3.05, 3.63) is 0 Å². The highest BCUT2D eigenvalue weighted by molar-refractivity contribution is 5.68. The summed E-state index contributed by atoms with van der Waals surface area (Å²) in [5.74, 6) is 0. The summed E-state index contributed by atoms with van der Waals surface area (Å²) in [4.78, 5) is 23.9. The van der Waals surface area contributed by atoms with Gasteiger partial charge in [-0.2, -0.15) is 0 Å². The van der Waals surface area contributed by atoms with Crippen molar-refractivity contribution in [1.29, 1.82) is 0 Å². The first-order valence-electron chi connectivity index (χ1n) is 4.87. The Morgan fingerprint density at radius 1 is 0.933 bits per heavy atom. The van der Waals surface area contributed by atoms with Crippen molar-refractivity contribution in [2.24, 2.45) is 0 Å². The maximum atomic E-state index is 10.5. The van der Waals surface area contributed by atoms with Crippen molar-refractivity contribution in [1.82, 2.24) is 9.80 Å². The van der Waals surface area contributed by atoms with E-state index in [-0.39, 0.29) is 12.2 Å². The van der Waals surface area contributed by atoms with Crippen molar-refractivity contribution < 1.29 is 19.1 Å². The number of ether oxygens (including phenoxy) is 2. The predicted octanol–water partition coefficient (Wildman–Crippen LogP) is 0.527. The molecule has 2 rings (SSSR count). The minimum Gasteiger partial charge on any atom is -0.449 e. The molecular weight excluding hydrogens is 200 g/mol. The maximum absolute atomic E-state index is 10.5. The van der Waals surface area contributed by atoms with Crippen molar-refractivity contribution in [3.63, 3.8) is 0 Å². The molecule has 0 aromatic rings. The third kappa shape index (κ3) is 3.65. The van der Waals surface area contributed by atoms with Crippen LogP contribution in [-0.2, 0) is 9.47 Å². The Morgan fingerprint density at radius 2 is 1.47 bits per heavy atom. The van der Waals surface area contributed by atoms with Crippen LogP contribution in [0.25, 0.3) is 0 Å². The number of carbonyl (C=O) groups is 2. The number of cyclic esters (lactones) is 2. The van der Waals surface area contributed by atoms with Gasteiger partial charge >= 0.3 is 12.2 Å². The molecule has 0 N–H and O–H groups in total. The smallest absolute Gasteiger partial charge is 0.409 e. The molecule has 2 saturated heterocycles. The molecule has 2 heterocycles. The Morgan fingerprint density at radius 3 is 1.73 bits per heavy atom. The summed E-state index contributed by atoms with van der Waals surface area (Å²) in [5.41, 5.74) is 0. The SMILES string of the molecule is CN1CCCOC1=O.CN1CCOC1=O. The molecule has 6 heteroatoms. The molecule has 2 fully saturated rings. The molecule has 2 aliphatic heterocycles. The summed E-state index contributed by atoms with van der Waals surface area (Å²) < 4.78 is 9.23. The van der Waals surface area contributed by atoms with Crippen molar-refractivity contribution in [2.75, 3.05) is 40.4 Å². The van der Waals surface area contributed by atoms with Crippen molar-refractivity contribution in [2.45, 2.75) is 6.42 Å². The molecule has 0 radical (unpaired) electrons. The third-order valence-corrected chi connectivity index (χ3v) is 2.14. The number of hydrogen-bond acceptors (Lipinski definition) is 4. The lowest BCUT2D eigenvalue weighted by Gasteiger charge is -2.21. The zero-order valence-electron chi connectivity index (χ0n) is 9.06. The Kier molecular flexibility index (Phi) is 4.20. The number of nitrogens with zero attached hydrogens (tertiary/aromatic N) is 2. The molecule has 0 aliphatic carbocycles. The second-order valence-corrected chi connectivity index (χ2v) is 3.43. The van der Waals surface area contributed by atoms with Gasteiger partial charge in [0, 0.05) is 20.6 Å². The highest BCUT2D eigenvalue weighted by Crippen LogP contribution is 1.99. The quantitative estimate of drug-likeness (QED) is 0.592. The number of carbonyl (C=O) groups excluding carboxylic acids is 2. The average Bonchev–Trinajstić information content (AvgIpc) is 2.57. The van der Waals surface area contributed by atoms with Crippen LogP contribution in [0.3, 0.4) is 0 Å². The van der Waals surface area contributed by atoms with Gasteiger partial charge in [-0.25, -0.2) is 9.59 Å². The van der Waals surface area contributed by atoms with E-state index in [1.54, 1.807) is 23.9 Å². The first-order valence-corrected chi connectivity index (χ1v) is 4.87. The summed E-state index contributed by atoms with van der Waals surface area (Å²) in [7, 11) is 3.46. The lowest BCUT2D eigenvalue weighted by atomic mass is 10.4. The largest absolute Gasteiger partial charge is 0.449 e. The second kappa shape index (κ2) is 5.43. The number of amides is 2. The Hall–Kier alpha value is -1.46. The van der Waals surface area contributed by atoms with E-state index >= 15 is 0 Å². The molecule has 15 heavy (non-hydrogen) atoms. The van der Waals surface area contributed by atoms with Gasteiger partial charge in [-0.1, -0.05) is 0 Å². The van der Waals surface area contributed by atoms with Crippen LogP contribution in [0.1, 0.15) is 6.42 Å². The molecule has 86 valence electrons.